The van der Waals surface area contributed by atoms with Crippen molar-refractivity contribution < 1.29 is 4.74 Å². The maximum absolute atomic E-state index is 5.48. The van der Waals surface area contributed by atoms with Gasteiger partial charge in [0.2, 0.25) is 5.95 Å². The molecule has 0 unspecified atom stereocenters. The predicted octanol–water partition coefficient (Wildman–Crippen LogP) is 1.91. The van der Waals surface area contributed by atoms with Crippen molar-refractivity contribution in [2.24, 2.45) is 5.92 Å². The van der Waals surface area contributed by atoms with Crippen molar-refractivity contribution in [1.82, 2.24) is 9.97 Å². The second-order valence-corrected chi connectivity index (χ2v) is 4.67. The van der Waals surface area contributed by atoms with Gasteiger partial charge >= 0.3 is 0 Å². The molecule has 90 valence electrons. The molecular formula is C10H17BrN4O. The predicted molar refractivity (Wildman–Crippen MR) is 68.3 cm³/mol. The van der Waals surface area contributed by atoms with E-state index in [1.165, 1.54) is 0 Å². The summed E-state index contributed by atoms with van der Waals surface area (Å²) < 4.78 is 6.23. The van der Waals surface area contributed by atoms with Gasteiger partial charge in [0.15, 0.2) is 0 Å². The van der Waals surface area contributed by atoms with Crippen LogP contribution in [0.4, 0.5) is 11.8 Å². The van der Waals surface area contributed by atoms with Crippen LogP contribution in [-0.4, -0.2) is 29.7 Å². The zero-order valence-electron chi connectivity index (χ0n) is 9.53. The minimum atomic E-state index is 0.258. The molecule has 0 aromatic carbocycles. The Labute approximate surface area is 104 Å². The summed E-state index contributed by atoms with van der Waals surface area (Å²) >= 11 is 3.34. The Morgan fingerprint density at radius 1 is 1.56 bits per heavy atom. The van der Waals surface area contributed by atoms with Crippen molar-refractivity contribution in [2.75, 3.05) is 30.8 Å². The largest absolute Gasteiger partial charge is 0.379 e. The maximum atomic E-state index is 5.48. The third-order valence-corrected chi connectivity index (χ3v) is 2.33. The second kappa shape index (κ2) is 6.65. The zero-order valence-corrected chi connectivity index (χ0v) is 11.1. The highest BCUT2D eigenvalue weighted by molar-refractivity contribution is 9.10. The lowest BCUT2D eigenvalue weighted by Gasteiger charge is -2.09. The van der Waals surface area contributed by atoms with Gasteiger partial charge in [0.1, 0.15) is 5.82 Å². The van der Waals surface area contributed by atoms with Gasteiger partial charge in [0.05, 0.1) is 11.1 Å². The molecule has 0 saturated heterocycles. The van der Waals surface area contributed by atoms with Gasteiger partial charge in [-0.1, -0.05) is 13.8 Å². The van der Waals surface area contributed by atoms with Crippen molar-refractivity contribution in [3.05, 3.63) is 10.7 Å². The van der Waals surface area contributed by atoms with Gasteiger partial charge in [-0.3, -0.25) is 0 Å². The lowest BCUT2D eigenvalue weighted by Crippen LogP contribution is -2.13. The van der Waals surface area contributed by atoms with Crippen molar-refractivity contribution in [2.45, 2.75) is 13.8 Å². The fraction of sp³-hybridized carbons (Fsp3) is 0.600. The summed E-state index contributed by atoms with van der Waals surface area (Å²) in [5.74, 6) is 1.51. The quantitative estimate of drug-likeness (QED) is 0.783. The molecule has 1 aromatic heterocycles. The average Bonchev–Trinajstić information content (AvgIpc) is 2.22. The zero-order chi connectivity index (χ0) is 12.0. The summed E-state index contributed by atoms with van der Waals surface area (Å²) in [4.78, 5) is 7.91. The summed E-state index contributed by atoms with van der Waals surface area (Å²) in [6.45, 7) is 6.36. The number of nitrogen functional groups attached to an aromatic ring is 1. The molecule has 3 N–H and O–H groups in total. The van der Waals surface area contributed by atoms with Crippen LogP contribution in [0.3, 0.4) is 0 Å². The van der Waals surface area contributed by atoms with Crippen LogP contribution in [0.25, 0.3) is 0 Å². The summed E-state index contributed by atoms with van der Waals surface area (Å²) in [5.41, 5.74) is 5.48. The van der Waals surface area contributed by atoms with E-state index >= 15 is 0 Å². The van der Waals surface area contributed by atoms with E-state index in [9.17, 15) is 0 Å². The molecule has 0 fully saturated rings. The van der Waals surface area contributed by atoms with Crippen molar-refractivity contribution >= 4 is 27.7 Å². The topological polar surface area (TPSA) is 73.1 Å². The van der Waals surface area contributed by atoms with Crippen LogP contribution < -0.4 is 11.1 Å². The van der Waals surface area contributed by atoms with Gasteiger partial charge in [0.25, 0.3) is 0 Å². The van der Waals surface area contributed by atoms with E-state index in [1.807, 2.05) is 0 Å². The molecule has 0 atom stereocenters. The van der Waals surface area contributed by atoms with E-state index in [0.29, 0.717) is 24.9 Å². The molecule has 1 rings (SSSR count). The Kier molecular flexibility index (Phi) is 5.48. The van der Waals surface area contributed by atoms with E-state index in [4.69, 9.17) is 10.5 Å². The minimum absolute atomic E-state index is 0.258. The highest BCUT2D eigenvalue weighted by atomic mass is 79.9. The second-order valence-electron chi connectivity index (χ2n) is 3.82. The highest BCUT2D eigenvalue weighted by Gasteiger charge is 2.02. The third-order valence-electron chi connectivity index (χ3n) is 1.75. The molecule has 0 aliphatic heterocycles. The molecule has 5 nitrogen and oxygen atoms in total. The number of nitrogens with one attached hydrogen (secondary N) is 1. The van der Waals surface area contributed by atoms with E-state index < -0.39 is 0 Å². The first kappa shape index (κ1) is 13.2. The molecule has 0 radical (unpaired) electrons. The van der Waals surface area contributed by atoms with Crippen LogP contribution in [0, 0.1) is 5.92 Å². The van der Waals surface area contributed by atoms with Gasteiger partial charge in [0, 0.05) is 19.3 Å². The Morgan fingerprint density at radius 2 is 2.31 bits per heavy atom. The third kappa shape index (κ3) is 4.76. The van der Waals surface area contributed by atoms with Gasteiger partial charge in [-0.15, -0.1) is 0 Å². The van der Waals surface area contributed by atoms with Crippen LogP contribution in [0.1, 0.15) is 13.8 Å². The summed E-state index contributed by atoms with van der Waals surface area (Å²) in [7, 11) is 0. The Bertz CT molecular complexity index is 333. The molecular weight excluding hydrogens is 272 g/mol. The molecule has 1 heterocycles. The van der Waals surface area contributed by atoms with Gasteiger partial charge in [-0.05, 0) is 21.8 Å². The number of hydrogen-bond donors (Lipinski definition) is 2. The standard InChI is InChI=1S/C10H17BrN4O/c1-7(2)6-16-4-3-13-9-8(11)5-14-10(12)15-9/h5,7H,3-4,6H2,1-2H3,(H3,12,13,14,15). The SMILES string of the molecule is CC(C)COCCNc1nc(N)ncc1Br. The number of rotatable bonds is 6. The molecule has 0 aliphatic rings. The Hall–Kier alpha value is -0.880. The highest BCUT2D eigenvalue weighted by Crippen LogP contribution is 2.18. The first-order chi connectivity index (χ1) is 7.59. The molecule has 0 saturated carbocycles. The van der Waals surface area contributed by atoms with Crippen molar-refractivity contribution in [1.29, 1.82) is 0 Å². The molecule has 0 amide bonds. The van der Waals surface area contributed by atoms with Gasteiger partial charge in [-0.2, -0.15) is 4.98 Å². The number of hydrogen-bond acceptors (Lipinski definition) is 5. The van der Waals surface area contributed by atoms with Crippen molar-refractivity contribution in [3.63, 3.8) is 0 Å². The van der Waals surface area contributed by atoms with Crippen LogP contribution in [0.5, 0.6) is 0 Å². The van der Waals surface area contributed by atoms with Crippen molar-refractivity contribution in [3.8, 4) is 0 Å². The summed E-state index contributed by atoms with van der Waals surface area (Å²) in [6.07, 6.45) is 1.62. The first-order valence-electron chi connectivity index (χ1n) is 5.19. The fourth-order valence-corrected chi connectivity index (χ4v) is 1.40. The minimum Gasteiger partial charge on any atom is -0.379 e. The normalized spacial score (nSPS) is 10.8. The van der Waals surface area contributed by atoms with E-state index in [0.717, 1.165) is 11.1 Å². The molecule has 6 heteroatoms. The average molecular weight is 289 g/mol. The Morgan fingerprint density at radius 3 is 3.00 bits per heavy atom. The van der Waals surface area contributed by atoms with Gasteiger partial charge < -0.3 is 15.8 Å². The number of nitrogens with zero attached hydrogens (tertiary/aromatic N) is 2. The maximum Gasteiger partial charge on any atom is 0.221 e. The van der Waals surface area contributed by atoms with Crippen LogP contribution in [-0.2, 0) is 4.74 Å². The van der Waals surface area contributed by atoms with E-state index in [-0.39, 0.29) is 5.95 Å². The number of anilines is 2. The summed E-state index contributed by atoms with van der Waals surface area (Å²) in [5, 5.41) is 3.12. The van der Waals surface area contributed by atoms with E-state index in [1.54, 1.807) is 6.20 Å². The smallest absolute Gasteiger partial charge is 0.221 e. The Balaban J connectivity index is 2.29. The number of aromatic nitrogens is 2. The number of halogens is 1. The lowest BCUT2D eigenvalue weighted by atomic mass is 10.2. The van der Waals surface area contributed by atoms with Crippen LogP contribution in [0.15, 0.2) is 10.7 Å². The molecule has 16 heavy (non-hydrogen) atoms. The molecule has 0 spiro atoms. The summed E-state index contributed by atoms with van der Waals surface area (Å²) in [6, 6.07) is 0. The number of nitrogens with two attached hydrogens (primary N) is 1. The molecule has 0 aliphatic carbocycles. The monoisotopic (exact) mass is 288 g/mol. The van der Waals surface area contributed by atoms with Crippen LogP contribution >= 0.6 is 15.9 Å². The molecule has 0 bridgehead atoms. The number of ether oxygens (including phenoxy) is 1. The molecule has 1 aromatic rings. The van der Waals surface area contributed by atoms with E-state index in [2.05, 4.69) is 45.1 Å². The van der Waals surface area contributed by atoms with Crippen LogP contribution in [0.2, 0.25) is 0 Å². The van der Waals surface area contributed by atoms with Gasteiger partial charge in [-0.25, -0.2) is 4.98 Å². The fourth-order valence-electron chi connectivity index (χ4n) is 1.07. The lowest BCUT2D eigenvalue weighted by molar-refractivity contribution is 0.118. The first-order valence-corrected chi connectivity index (χ1v) is 5.98.